The van der Waals surface area contributed by atoms with Crippen LogP contribution >= 0.6 is 0 Å². The molecule has 0 bridgehead atoms. The molecule has 2 fully saturated rings. The van der Waals surface area contributed by atoms with Gasteiger partial charge in [0.15, 0.2) is 0 Å². The zero-order valence-corrected chi connectivity index (χ0v) is 14.7. The van der Waals surface area contributed by atoms with Crippen molar-refractivity contribution in [3.05, 3.63) is 48.3 Å². The van der Waals surface area contributed by atoms with Crippen LogP contribution in [-0.4, -0.2) is 48.9 Å². The topological polar surface area (TPSA) is 41.5 Å². The predicted molar refractivity (Wildman–Crippen MR) is 100 cm³/mol. The molecule has 1 aromatic heterocycles. The van der Waals surface area contributed by atoms with Crippen molar-refractivity contribution in [1.82, 2.24) is 9.97 Å². The number of benzene rings is 1. The summed E-state index contributed by atoms with van der Waals surface area (Å²) >= 11 is 0. The van der Waals surface area contributed by atoms with Gasteiger partial charge >= 0.3 is 0 Å². The third-order valence-corrected chi connectivity index (χ3v) is 5.25. The van der Waals surface area contributed by atoms with Gasteiger partial charge in [-0.3, -0.25) is 0 Å². The number of ether oxygens (including phenoxy) is 1. The molecular weight excluding hydrogens is 312 g/mol. The number of aromatic nitrogens is 2. The van der Waals surface area contributed by atoms with Crippen LogP contribution in [0.5, 0.6) is 0 Å². The van der Waals surface area contributed by atoms with E-state index in [9.17, 15) is 0 Å². The van der Waals surface area contributed by atoms with Gasteiger partial charge in [0.2, 0.25) is 0 Å². The summed E-state index contributed by atoms with van der Waals surface area (Å²) in [5, 5.41) is 0. The second-order valence-corrected chi connectivity index (χ2v) is 6.85. The van der Waals surface area contributed by atoms with E-state index >= 15 is 0 Å². The average Bonchev–Trinajstić information content (AvgIpc) is 3.17. The fraction of sp³-hybridized carbons (Fsp3) is 0.500. The lowest BCUT2D eigenvalue weighted by Gasteiger charge is -2.30. The van der Waals surface area contributed by atoms with Crippen LogP contribution in [0.1, 0.15) is 24.8 Å². The standard InChI is InChI=1S/C20H26N4O/c1-2-5-17(6-3-1)8-9-18-7-4-10-24(18)20-15-19(21-16-22-20)23-11-13-25-14-12-23/h1-3,5-6,15-16,18H,4,7-14H2. The van der Waals surface area contributed by atoms with Crippen LogP contribution in [-0.2, 0) is 11.2 Å². The Morgan fingerprint density at radius 1 is 1.00 bits per heavy atom. The second kappa shape index (κ2) is 7.83. The van der Waals surface area contributed by atoms with Crippen LogP contribution in [0.2, 0.25) is 0 Å². The summed E-state index contributed by atoms with van der Waals surface area (Å²) in [5.74, 6) is 2.11. The van der Waals surface area contributed by atoms with Crippen molar-refractivity contribution >= 4 is 11.6 Å². The van der Waals surface area contributed by atoms with E-state index in [-0.39, 0.29) is 0 Å². The van der Waals surface area contributed by atoms with Crippen LogP contribution in [0.3, 0.4) is 0 Å². The Balaban J connectivity index is 1.44. The maximum atomic E-state index is 5.45. The Labute approximate surface area is 149 Å². The van der Waals surface area contributed by atoms with Crippen LogP contribution in [0.15, 0.2) is 42.7 Å². The third-order valence-electron chi connectivity index (χ3n) is 5.25. The number of anilines is 2. The van der Waals surface area contributed by atoms with Crippen molar-refractivity contribution in [3.8, 4) is 0 Å². The molecule has 0 amide bonds. The highest BCUT2D eigenvalue weighted by atomic mass is 16.5. The summed E-state index contributed by atoms with van der Waals surface area (Å²) in [7, 11) is 0. The van der Waals surface area contributed by atoms with Gasteiger partial charge in [-0.05, 0) is 31.2 Å². The Hall–Kier alpha value is -2.14. The van der Waals surface area contributed by atoms with Gasteiger partial charge in [-0.1, -0.05) is 30.3 Å². The van der Waals surface area contributed by atoms with Gasteiger partial charge in [-0.2, -0.15) is 0 Å². The van der Waals surface area contributed by atoms with E-state index in [1.165, 1.54) is 24.8 Å². The molecule has 1 unspecified atom stereocenters. The van der Waals surface area contributed by atoms with Gasteiger partial charge in [0.1, 0.15) is 18.0 Å². The van der Waals surface area contributed by atoms with E-state index in [1.54, 1.807) is 6.33 Å². The molecule has 1 atom stereocenters. The van der Waals surface area contributed by atoms with E-state index in [0.29, 0.717) is 6.04 Å². The van der Waals surface area contributed by atoms with E-state index in [1.807, 2.05) is 0 Å². The zero-order valence-electron chi connectivity index (χ0n) is 14.7. The SMILES string of the molecule is c1ccc(CCC2CCCN2c2cc(N3CCOCC3)ncn2)cc1. The highest BCUT2D eigenvalue weighted by molar-refractivity contribution is 5.51. The fourth-order valence-corrected chi connectivity index (χ4v) is 3.88. The van der Waals surface area contributed by atoms with Crippen molar-refractivity contribution in [3.63, 3.8) is 0 Å². The normalized spacial score (nSPS) is 20.9. The predicted octanol–water partition coefficient (Wildman–Crippen LogP) is 2.91. The van der Waals surface area contributed by atoms with Gasteiger partial charge in [0, 0.05) is 31.7 Å². The molecule has 0 radical (unpaired) electrons. The Kier molecular flexibility index (Phi) is 5.11. The summed E-state index contributed by atoms with van der Waals surface area (Å²) in [6, 6.07) is 13.5. The van der Waals surface area contributed by atoms with Crippen molar-refractivity contribution < 1.29 is 4.74 Å². The lowest BCUT2D eigenvalue weighted by atomic mass is 10.0. The lowest BCUT2D eigenvalue weighted by Crippen LogP contribution is -2.37. The summed E-state index contributed by atoms with van der Waals surface area (Å²) < 4.78 is 5.45. The number of morpholine rings is 1. The number of aryl methyl sites for hydroxylation is 1. The molecule has 2 aromatic rings. The van der Waals surface area contributed by atoms with E-state index in [0.717, 1.165) is 50.9 Å². The second-order valence-electron chi connectivity index (χ2n) is 6.85. The zero-order chi connectivity index (χ0) is 16.9. The summed E-state index contributed by atoms with van der Waals surface area (Å²) in [6.07, 6.45) is 6.52. The molecule has 1 aromatic carbocycles. The van der Waals surface area contributed by atoms with Crippen LogP contribution in [0, 0.1) is 0 Å². The molecule has 2 aliphatic heterocycles. The molecule has 2 saturated heterocycles. The number of nitrogens with zero attached hydrogens (tertiary/aromatic N) is 4. The molecule has 3 heterocycles. The fourth-order valence-electron chi connectivity index (χ4n) is 3.88. The molecule has 0 saturated carbocycles. The van der Waals surface area contributed by atoms with E-state index in [4.69, 9.17) is 4.74 Å². The van der Waals surface area contributed by atoms with Crippen LogP contribution in [0.25, 0.3) is 0 Å². The molecule has 5 heteroatoms. The monoisotopic (exact) mass is 338 g/mol. The third kappa shape index (κ3) is 3.93. The maximum absolute atomic E-state index is 5.45. The molecule has 4 rings (SSSR count). The van der Waals surface area contributed by atoms with Gasteiger partial charge in [0.25, 0.3) is 0 Å². The first-order valence-electron chi connectivity index (χ1n) is 9.35. The van der Waals surface area contributed by atoms with E-state index < -0.39 is 0 Å². The molecule has 5 nitrogen and oxygen atoms in total. The highest BCUT2D eigenvalue weighted by Crippen LogP contribution is 2.28. The number of hydrogen-bond acceptors (Lipinski definition) is 5. The van der Waals surface area contributed by atoms with Crippen molar-refractivity contribution in [1.29, 1.82) is 0 Å². The van der Waals surface area contributed by atoms with Gasteiger partial charge < -0.3 is 14.5 Å². The minimum absolute atomic E-state index is 0.577. The summed E-state index contributed by atoms with van der Waals surface area (Å²) in [6.45, 7) is 4.48. The molecule has 25 heavy (non-hydrogen) atoms. The molecular formula is C20H26N4O. The van der Waals surface area contributed by atoms with Crippen molar-refractivity contribution in [2.24, 2.45) is 0 Å². The van der Waals surface area contributed by atoms with E-state index in [2.05, 4.69) is 56.2 Å². The molecule has 0 N–H and O–H groups in total. The quantitative estimate of drug-likeness (QED) is 0.838. The summed E-state index contributed by atoms with van der Waals surface area (Å²) in [4.78, 5) is 13.8. The van der Waals surface area contributed by atoms with Gasteiger partial charge in [0.05, 0.1) is 13.2 Å². The smallest absolute Gasteiger partial charge is 0.134 e. The largest absolute Gasteiger partial charge is 0.378 e. The number of hydrogen-bond donors (Lipinski definition) is 0. The first-order chi connectivity index (χ1) is 12.4. The first kappa shape index (κ1) is 16.3. The van der Waals surface area contributed by atoms with Crippen LogP contribution < -0.4 is 9.80 Å². The maximum Gasteiger partial charge on any atom is 0.134 e. The number of rotatable bonds is 5. The van der Waals surface area contributed by atoms with Crippen molar-refractivity contribution in [2.45, 2.75) is 31.7 Å². The molecule has 0 aliphatic carbocycles. The molecule has 2 aliphatic rings. The average molecular weight is 338 g/mol. The Morgan fingerprint density at radius 2 is 1.80 bits per heavy atom. The van der Waals surface area contributed by atoms with Crippen molar-refractivity contribution in [2.75, 3.05) is 42.6 Å². The minimum Gasteiger partial charge on any atom is -0.378 e. The lowest BCUT2D eigenvalue weighted by molar-refractivity contribution is 0.122. The van der Waals surface area contributed by atoms with Gasteiger partial charge in [-0.25, -0.2) is 9.97 Å². The Morgan fingerprint density at radius 3 is 2.64 bits per heavy atom. The van der Waals surface area contributed by atoms with Gasteiger partial charge in [-0.15, -0.1) is 0 Å². The highest BCUT2D eigenvalue weighted by Gasteiger charge is 2.26. The van der Waals surface area contributed by atoms with Crippen LogP contribution in [0.4, 0.5) is 11.6 Å². The molecule has 0 spiro atoms. The molecule has 132 valence electrons. The first-order valence-corrected chi connectivity index (χ1v) is 9.35. The summed E-state index contributed by atoms with van der Waals surface area (Å²) in [5.41, 5.74) is 1.42. The Bertz CT molecular complexity index is 672. The minimum atomic E-state index is 0.577.